The minimum atomic E-state index is -0.0975. The Morgan fingerprint density at radius 2 is 1.81 bits per heavy atom. The molecule has 2 aromatic rings. The highest BCUT2D eigenvalue weighted by Gasteiger charge is 2.07. The summed E-state index contributed by atoms with van der Waals surface area (Å²) in [5.41, 5.74) is 2.43. The molecule has 1 amide bonds. The number of rotatable bonds is 5. The molecule has 106 valence electrons. The first kappa shape index (κ1) is 14.8. The topological polar surface area (TPSA) is 52.9 Å². The normalized spacial score (nSPS) is 11.4. The molecule has 3 heteroatoms. The van der Waals surface area contributed by atoms with Crippen LogP contribution in [0.4, 0.5) is 0 Å². The molecule has 0 saturated carbocycles. The molecule has 21 heavy (non-hydrogen) atoms. The smallest absolute Gasteiger partial charge is 0.251 e. The Morgan fingerprint density at radius 1 is 1.14 bits per heavy atom. The molecule has 0 aliphatic carbocycles. The fraction of sp³-hybridized carbons (Fsp3) is 0.222. The van der Waals surface area contributed by atoms with Crippen molar-refractivity contribution >= 4 is 5.91 Å². The van der Waals surface area contributed by atoms with Crippen LogP contribution in [0.5, 0.6) is 0 Å². The average Bonchev–Trinajstić information content (AvgIpc) is 2.55. The van der Waals surface area contributed by atoms with Crippen LogP contribution in [-0.4, -0.2) is 12.5 Å². The summed E-state index contributed by atoms with van der Waals surface area (Å²) in [5.74, 6) is 0.312. The van der Waals surface area contributed by atoms with E-state index in [0.29, 0.717) is 23.6 Å². The van der Waals surface area contributed by atoms with Gasteiger partial charge in [0.1, 0.15) is 0 Å². The van der Waals surface area contributed by atoms with Crippen molar-refractivity contribution in [2.45, 2.75) is 19.3 Å². The third-order valence-corrected chi connectivity index (χ3v) is 3.51. The molecule has 1 N–H and O–H groups in total. The molecular weight excluding hydrogens is 260 g/mol. The van der Waals surface area contributed by atoms with Gasteiger partial charge in [-0.1, -0.05) is 37.3 Å². The molecule has 0 aromatic heterocycles. The zero-order chi connectivity index (χ0) is 15.1. The molecule has 1 atom stereocenters. The largest absolute Gasteiger partial charge is 0.352 e. The summed E-state index contributed by atoms with van der Waals surface area (Å²) in [5, 5.41) is 11.6. The van der Waals surface area contributed by atoms with Gasteiger partial charge in [-0.3, -0.25) is 4.79 Å². The summed E-state index contributed by atoms with van der Waals surface area (Å²) >= 11 is 0. The zero-order valence-corrected chi connectivity index (χ0v) is 12.0. The molecule has 0 aliphatic rings. The molecule has 1 unspecified atom stereocenters. The van der Waals surface area contributed by atoms with E-state index in [-0.39, 0.29) is 5.91 Å². The Hall–Kier alpha value is -2.60. The third kappa shape index (κ3) is 4.19. The summed E-state index contributed by atoms with van der Waals surface area (Å²) in [6.07, 6.45) is 0.895. The SMILES string of the molecule is CC(CCNC(=O)c1ccc(C#N)cc1)c1ccccc1. The van der Waals surface area contributed by atoms with Crippen molar-refractivity contribution in [3.63, 3.8) is 0 Å². The van der Waals surface area contributed by atoms with Crippen molar-refractivity contribution < 1.29 is 4.79 Å². The first-order chi connectivity index (χ1) is 10.2. The lowest BCUT2D eigenvalue weighted by Gasteiger charge is -2.12. The van der Waals surface area contributed by atoms with Gasteiger partial charge in [0, 0.05) is 12.1 Å². The van der Waals surface area contributed by atoms with E-state index in [0.717, 1.165) is 6.42 Å². The number of carbonyl (C=O) groups excluding carboxylic acids is 1. The zero-order valence-electron chi connectivity index (χ0n) is 12.0. The van der Waals surface area contributed by atoms with Crippen molar-refractivity contribution in [2.24, 2.45) is 0 Å². The Balaban J connectivity index is 1.83. The summed E-state index contributed by atoms with van der Waals surface area (Å²) in [7, 11) is 0. The van der Waals surface area contributed by atoms with Crippen LogP contribution in [0.15, 0.2) is 54.6 Å². The molecule has 0 saturated heterocycles. The maximum atomic E-state index is 12.0. The maximum absolute atomic E-state index is 12.0. The number of nitrogens with zero attached hydrogens (tertiary/aromatic N) is 1. The van der Waals surface area contributed by atoms with Crippen LogP contribution >= 0.6 is 0 Å². The fourth-order valence-electron chi connectivity index (χ4n) is 2.15. The standard InChI is InChI=1S/C18H18N2O/c1-14(16-5-3-2-4-6-16)11-12-20-18(21)17-9-7-15(13-19)8-10-17/h2-10,14H,11-12H2,1H3,(H,20,21). The van der Waals surface area contributed by atoms with Crippen molar-refractivity contribution in [1.82, 2.24) is 5.32 Å². The van der Waals surface area contributed by atoms with E-state index in [1.54, 1.807) is 24.3 Å². The first-order valence-electron chi connectivity index (χ1n) is 7.04. The highest BCUT2D eigenvalue weighted by molar-refractivity contribution is 5.94. The van der Waals surface area contributed by atoms with Gasteiger partial charge in [0.2, 0.25) is 0 Å². The summed E-state index contributed by atoms with van der Waals surface area (Å²) in [6.45, 7) is 2.79. The van der Waals surface area contributed by atoms with Crippen molar-refractivity contribution in [1.29, 1.82) is 5.26 Å². The van der Waals surface area contributed by atoms with Crippen molar-refractivity contribution in [3.05, 3.63) is 71.3 Å². The second kappa shape index (κ2) is 7.25. The molecule has 0 spiro atoms. The van der Waals surface area contributed by atoms with Crippen LogP contribution in [0.2, 0.25) is 0 Å². The van der Waals surface area contributed by atoms with E-state index in [1.807, 2.05) is 24.3 Å². The van der Waals surface area contributed by atoms with Crippen LogP contribution in [0.25, 0.3) is 0 Å². The molecule has 3 nitrogen and oxygen atoms in total. The van der Waals surface area contributed by atoms with E-state index < -0.39 is 0 Å². The van der Waals surface area contributed by atoms with Crippen LogP contribution < -0.4 is 5.32 Å². The molecule has 0 bridgehead atoms. The van der Waals surface area contributed by atoms with Gasteiger partial charge in [0.15, 0.2) is 0 Å². The van der Waals surface area contributed by atoms with Crippen molar-refractivity contribution in [3.8, 4) is 6.07 Å². The predicted molar refractivity (Wildman–Crippen MR) is 83.0 cm³/mol. The second-order valence-electron chi connectivity index (χ2n) is 5.05. The summed E-state index contributed by atoms with van der Waals surface area (Å²) in [6, 6.07) is 19.0. The molecule has 0 heterocycles. The average molecular weight is 278 g/mol. The van der Waals surface area contributed by atoms with Gasteiger partial charge in [0.25, 0.3) is 5.91 Å². The fourth-order valence-corrected chi connectivity index (χ4v) is 2.15. The maximum Gasteiger partial charge on any atom is 0.251 e. The van der Waals surface area contributed by atoms with E-state index in [1.165, 1.54) is 5.56 Å². The Morgan fingerprint density at radius 3 is 2.43 bits per heavy atom. The van der Waals surface area contributed by atoms with Crippen LogP contribution in [0.3, 0.4) is 0 Å². The van der Waals surface area contributed by atoms with Gasteiger partial charge in [-0.05, 0) is 42.2 Å². The molecule has 2 aromatic carbocycles. The lowest BCUT2D eigenvalue weighted by atomic mass is 9.98. The van der Waals surface area contributed by atoms with Gasteiger partial charge >= 0.3 is 0 Å². The molecule has 0 aliphatic heterocycles. The van der Waals surface area contributed by atoms with Gasteiger partial charge in [-0.25, -0.2) is 0 Å². The van der Waals surface area contributed by atoms with E-state index >= 15 is 0 Å². The van der Waals surface area contributed by atoms with Crippen LogP contribution in [0, 0.1) is 11.3 Å². The highest BCUT2D eigenvalue weighted by Crippen LogP contribution is 2.17. The summed E-state index contributed by atoms with van der Waals surface area (Å²) < 4.78 is 0. The van der Waals surface area contributed by atoms with Gasteiger partial charge in [-0.2, -0.15) is 5.26 Å². The second-order valence-corrected chi connectivity index (χ2v) is 5.05. The number of hydrogen-bond acceptors (Lipinski definition) is 2. The molecular formula is C18H18N2O. The summed E-state index contributed by atoms with van der Waals surface area (Å²) in [4.78, 5) is 12.0. The highest BCUT2D eigenvalue weighted by atomic mass is 16.1. The number of nitriles is 1. The Labute approximate surface area is 125 Å². The van der Waals surface area contributed by atoms with E-state index in [2.05, 4.69) is 24.4 Å². The molecule has 0 radical (unpaired) electrons. The molecule has 0 fully saturated rings. The Bertz CT molecular complexity index is 627. The monoisotopic (exact) mass is 278 g/mol. The minimum absolute atomic E-state index is 0.0975. The lowest BCUT2D eigenvalue weighted by molar-refractivity contribution is 0.0952. The lowest BCUT2D eigenvalue weighted by Crippen LogP contribution is -2.25. The number of hydrogen-bond donors (Lipinski definition) is 1. The third-order valence-electron chi connectivity index (χ3n) is 3.51. The van der Waals surface area contributed by atoms with Gasteiger partial charge in [0.05, 0.1) is 11.6 Å². The number of benzene rings is 2. The van der Waals surface area contributed by atoms with E-state index in [4.69, 9.17) is 5.26 Å². The van der Waals surface area contributed by atoms with Crippen molar-refractivity contribution in [2.75, 3.05) is 6.54 Å². The molecule has 2 rings (SSSR count). The number of amides is 1. The van der Waals surface area contributed by atoms with Gasteiger partial charge < -0.3 is 5.32 Å². The van der Waals surface area contributed by atoms with E-state index in [9.17, 15) is 4.79 Å². The van der Waals surface area contributed by atoms with Crippen LogP contribution in [0.1, 0.15) is 40.7 Å². The number of carbonyl (C=O) groups is 1. The first-order valence-corrected chi connectivity index (χ1v) is 7.04. The Kier molecular flexibility index (Phi) is 5.11. The minimum Gasteiger partial charge on any atom is -0.352 e. The predicted octanol–water partition coefficient (Wildman–Crippen LogP) is 3.48. The van der Waals surface area contributed by atoms with Crippen LogP contribution in [-0.2, 0) is 0 Å². The van der Waals surface area contributed by atoms with Gasteiger partial charge in [-0.15, -0.1) is 0 Å². The quantitative estimate of drug-likeness (QED) is 0.910. The number of nitrogens with one attached hydrogen (secondary N) is 1.